The monoisotopic (exact) mass is 634 g/mol. The van der Waals surface area contributed by atoms with E-state index < -0.39 is 0 Å². The summed E-state index contributed by atoms with van der Waals surface area (Å²) < 4.78 is 0. The highest BCUT2D eigenvalue weighted by Gasteiger charge is 2.15. The first kappa shape index (κ1) is 29.2. The first-order chi connectivity index (χ1) is 24.7. The maximum absolute atomic E-state index is 6.39. The van der Waals surface area contributed by atoms with Gasteiger partial charge in [-0.3, -0.25) is 0 Å². The van der Waals surface area contributed by atoms with Crippen LogP contribution in [0.3, 0.4) is 0 Å². The average Bonchev–Trinajstić information content (AvgIpc) is 3.16. The Morgan fingerprint density at radius 2 is 0.960 bits per heavy atom. The fourth-order valence-corrected chi connectivity index (χ4v) is 6.97. The van der Waals surface area contributed by atoms with Gasteiger partial charge in [0.05, 0.1) is 0 Å². The maximum Gasteiger partial charge on any atom is 0.0470 e. The highest BCUT2D eigenvalue weighted by Crippen LogP contribution is 2.38. The van der Waals surface area contributed by atoms with Gasteiger partial charge in [-0.2, -0.15) is 0 Å². The fraction of sp³-hybridized carbons (Fsp3) is 0. The summed E-state index contributed by atoms with van der Waals surface area (Å²) in [4.78, 5) is 0. The van der Waals surface area contributed by atoms with Gasteiger partial charge in [0.25, 0.3) is 0 Å². The number of rotatable bonds is 2. The van der Waals surface area contributed by atoms with Gasteiger partial charge in [-0.05, 0) is 104 Å². The van der Waals surface area contributed by atoms with Gasteiger partial charge in [0.1, 0.15) is 0 Å². The lowest BCUT2D eigenvalue weighted by molar-refractivity contribution is 1.60. The van der Waals surface area contributed by atoms with E-state index >= 15 is 0 Å². The summed E-state index contributed by atoms with van der Waals surface area (Å²) in [6.45, 7) is 0. The molecule has 0 amide bonds. The molecule has 0 spiro atoms. The summed E-state index contributed by atoms with van der Waals surface area (Å²) in [5.74, 6) is 13.9. The van der Waals surface area contributed by atoms with Crippen molar-refractivity contribution in [1.82, 2.24) is 0 Å². The molecule has 0 radical (unpaired) electrons. The lowest BCUT2D eigenvalue weighted by Gasteiger charge is -2.16. The molecule has 9 aromatic rings. The van der Waals surface area contributed by atoms with E-state index in [-0.39, 0.29) is 0 Å². The molecular formula is C48H30N2. The van der Waals surface area contributed by atoms with Crippen molar-refractivity contribution in [2.75, 3.05) is 11.1 Å². The molecular weight excluding hydrogens is 605 g/mol. The molecule has 0 bridgehead atoms. The third-order valence-corrected chi connectivity index (χ3v) is 9.36. The predicted molar refractivity (Wildman–Crippen MR) is 213 cm³/mol. The van der Waals surface area contributed by atoms with Crippen molar-refractivity contribution < 1.29 is 0 Å². The third kappa shape index (κ3) is 5.32. The van der Waals surface area contributed by atoms with Crippen LogP contribution in [0.4, 0.5) is 17.1 Å². The molecule has 2 nitrogen and oxygen atoms in total. The number of hydrogen-bond donors (Lipinski definition) is 2. The molecule has 0 saturated carbocycles. The SMILES string of the molecule is Nc1ccc2c(C#Cc3ccccc3)c3cc(Nc4cccc5ccc6cc7ccccc7cc6c45)ccc3c(C#Cc3ccccc3)c2c1. The van der Waals surface area contributed by atoms with Crippen LogP contribution >= 0.6 is 0 Å². The molecule has 9 rings (SSSR count). The number of benzene rings is 9. The number of anilines is 3. The Kier molecular flexibility index (Phi) is 7.13. The molecule has 3 N–H and O–H groups in total. The Morgan fingerprint density at radius 1 is 0.380 bits per heavy atom. The summed E-state index contributed by atoms with van der Waals surface area (Å²) in [6, 6.07) is 56.8. The van der Waals surface area contributed by atoms with Crippen LogP contribution in [0, 0.1) is 23.7 Å². The second-order valence-electron chi connectivity index (χ2n) is 12.6. The van der Waals surface area contributed by atoms with Crippen molar-refractivity contribution in [2.45, 2.75) is 0 Å². The molecule has 0 aliphatic heterocycles. The summed E-state index contributed by atoms with van der Waals surface area (Å²) in [5, 5.41) is 15.2. The van der Waals surface area contributed by atoms with Crippen LogP contribution in [-0.2, 0) is 0 Å². The summed E-state index contributed by atoms with van der Waals surface area (Å²) >= 11 is 0. The smallest absolute Gasteiger partial charge is 0.0470 e. The minimum Gasteiger partial charge on any atom is -0.399 e. The van der Waals surface area contributed by atoms with Crippen LogP contribution in [0.25, 0.3) is 53.9 Å². The molecule has 0 heterocycles. The predicted octanol–water partition coefficient (Wildman–Crippen LogP) is 11.6. The Labute approximate surface area is 290 Å². The standard InChI is InChI=1S/C48H30N2/c49-38-22-26-42-41(25-19-33-12-5-2-6-13-33)46-31-39(23-27-43(46)40(45(42)30-38)24-18-32-10-3-1-4-11-32)50-47-17-9-16-34-20-21-37-28-35-14-7-8-15-36(35)29-44(37)48(34)47/h1-17,20-23,26-31,50H,49H2. The van der Waals surface area contributed by atoms with Gasteiger partial charge in [0.2, 0.25) is 0 Å². The normalized spacial score (nSPS) is 11.0. The van der Waals surface area contributed by atoms with Crippen molar-refractivity contribution >= 4 is 70.9 Å². The fourth-order valence-electron chi connectivity index (χ4n) is 6.97. The second kappa shape index (κ2) is 12.2. The molecule has 232 valence electrons. The zero-order valence-electron chi connectivity index (χ0n) is 27.2. The number of nitrogen functional groups attached to an aromatic ring is 1. The van der Waals surface area contributed by atoms with Crippen molar-refractivity contribution in [2.24, 2.45) is 0 Å². The molecule has 0 unspecified atom stereocenters. The average molecular weight is 635 g/mol. The zero-order chi connectivity index (χ0) is 33.4. The van der Waals surface area contributed by atoms with Gasteiger partial charge in [-0.25, -0.2) is 0 Å². The van der Waals surface area contributed by atoms with Crippen molar-refractivity contribution in [3.63, 3.8) is 0 Å². The van der Waals surface area contributed by atoms with E-state index in [1.54, 1.807) is 0 Å². The molecule has 50 heavy (non-hydrogen) atoms. The minimum atomic E-state index is 0.691. The Hall–Kier alpha value is -7.00. The van der Waals surface area contributed by atoms with Gasteiger partial charge < -0.3 is 11.1 Å². The Morgan fingerprint density at radius 3 is 1.66 bits per heavy atom. The number of nitrogens with one attached hydrogen (secondary N) is 1. The highest BCUT2D eigenvalue weighted by atomic mass is 14.9. The Bertz CT molecular complexity index is 2900. The van der Waals surface area contributed by atoms with Crippen LogP contribution in [0.1, 0.15) is 22.3 Å². The van der Waals surface area contributed by atoms with Crippen LogP contribution in [0.2, 0.25) is 0 Å². The van der Waals surface area contributed by atoms with Crippen LogP contribution < -0.4 is 11.1 Å². The first-order valence-corrected chi connectivity index (χ1v) is 16.7. The van der Waals surface area contributed by atoms with E-state index in [9.17, 15) is 0 Å². The minimum absolute atomic E-state index is 0.691. The molecule has 0 aliphatic rings. The number of fused-ring (bicyclic) bond motifs is 6. The van der Waals surface area contributed by atoms with Gasteiger partial charge >= 0.3 is 0 Å². The largest absolute Gasteiger partial charge is 0.399 e. The third-order valence-electron chi connectivity index (χ3n) is 9.36. The van der Waals surface area contributed by atoms with E-state index in [1.807, 2.05) is 72.8 Å². The molecule has 0 atom stereocenters. The van der Waals surface area contributed by atoms with Gasteiger partial charge in [0.15, 0.2) is 0 Å². The van der Waals surface area contributed by atoms with Crippen LogP contribution in [0.5, 0.6) is 0 Å². The molecule has 2 heteroatoms. The van der Waals surface area contributed by atoms with Crippen LogP contribution in [-0.4, -0.2) is 0 Å². The number of hydrogen-bond acceptors (Lipinski definition) is 2. The topological polar surface area (TPSA) is 38.0 Å². The van der Waals surface area contributed by atoms with E-state index in [0.717, 1.165) is 55.2 Å². The van der Waals surface area contributed by atoms with Gasteiger partial charge in [0, 0.05) is 55.5 Å². The van der Waals surface area contributed by atoms with Crippen molar-refractivity contribution in [3.8, 4) is 23.7 Å². The van der Waals surface area contributed by atoms with Gasteiger partial charge in [-0.15, -0.1) is 0 Å². The highest BCUT2D eigenvalue weighted by molar-refractivity contribution is 6.17. The zero-order valence-corrected chi connectivity index (χ0v) is 27.2. The second-order valence-corrected chi connectivity index (χ2v) is 12.6. The summed E-state index contributed by atoms with van der Waals surface area (Å²) in [7, 11) is 0. The van der Waals surface area contributed by atoms with E-state index in [0.29, 0.717) is 5.69 Å². The van der Waals surface area contributed by atoms with E-state index in [1.165, 1.54) is 32.3 Å². The van der Waals surface area contributed by atoms with Gasteiger partial charge in [-0.1, -0.05) is 121 Å². The maximum atomic E-state index is 6.39. The molecule has 0 fully saturated rings. The molecule has 9 aromatic carbocycles. The number of nitrogens with two attached hydrogens (primary N) is 1. The Balaban J connectivity index is 1.27. The molecule has 0 aliphatic carbocycles. The van der Waals surface area contributed by atoms with Crippen molar-refractivity contribution in [1.29, 1.82) is 0 Å². The quantitative estimate of drug-likeness (QED) is 0.0859. The lowest BCUT2D eigenvalue weighted by atomic mass is 9.91. The summed E-state index contributed by atoms with van der Waals surface area (Å²) in [6.07, 6.45) is 0. The van der Waals surface area contributed by atoms with E-state index in [2.05, 4.69) is 120 Å². The van der Waals surface area contributed by atoms with Crippen molar-refractivity contribution in [3.05, 3.63) is 186 Å². The molecule has 0 saturated heterocycles. The summed E-state index contributed by atoms with van der Waals surface area (Å²) in [5.41, 5.74) is 12.9. The first-order valence-electron chi connectivity index (χ1n) is 16.7. The van der Waals surface area contributed by atoms with E-state index in [4.69, 9.17) is 5.73 Å². The lowest BCUT2D eigenvalue weighted by Crippen LogP contribution is -1.96. The molecule has 0 aromatic heterocycles. The van der Waals surface area contributed by atoms with Crippen LogP contribution in [0.15, 0.2) is 164 Å².